The third kappa shape index (κ3) is 3.29. The van der Waals surface area contributed by atoms with Crippen LogP contribution in [-0.4, -0.2) is 43.0 Å². The van der Waals surface area contributed by atoms with Crippen molar-refractivity contribution in [2.75, 3.05) is 21.2 Å². The number of nitrogens with zero attached hydrogens (tertiary/aromatic N) is 1. The van der Waals surface area contributed by atoms with Gasteiger partial charge in [0.2, 0.25) is 0 Å². The molecule has 1 aromatic carbocycles. The summed E-state index contributed by atoms with van der Waals surface area (Å²) in [5.74, 6) is -2.16. The van der Waals surface area contributed by atoms with Gasteiger partial charge < -0.3 is 14.7 Å². The predicted octanol–water partition coefficient (Wildman–Crippen LogP) is 1.02. The Morgan fingerprint density at radius 2 is 2.00 bits per heavy atom. The highest BCUT2D eigenvalue weighted by atomic mass is 16.5. The number of hydrogen-bond donors (Lipinski definition) is 1. The lowest BCUT2D eigenvalue weighted by atomic mass is 10.1. The molecule has 0 saturated heterocycles. The summed E-state index contributed by atoms with van der Waals surface area (Å²) in [6, 6.07) is 4.96. The molecular formula is C12H15NO4. The Balaban J connectivity index is 3.15. The van der Waals surface area contributed by atoms with Crippen LogP contribution in [0, 0.1) is 0 Å². The Hall–Kier alpha value is -1.88. The van der Waals surface area contributed by atoms with Gasteiger partial charge in [-0.25, -0.2) is 4.79 Å². The van der Waals surface area contributed by atoms with Crippen molar-refractivity contribution in [2.45, 2.75) is 6.54 Å². The van der Waals surface area contributed by atoms with Gasteiger partial charge in [0.05, 0.1) is 12.7 Å². The number of carbonyl (C=O) groups is 2. The van der Waals surface area contributed by atoms with Crippen molar-refractivity contribution < 1.29 is 19.4 Å². The zero-order valence-electron chi connectivity index (χ0n) is 10.1. The summed E-state index contributed by atoms with van der Waals surface area (Å²) in [4.78, 5) is 24.1. The van der Waals surface area contributed by atoms with E-state index < -0.39 is 11.8 Å². The van der Waals surface area contributed by atoms with Crippen LogP contribution >= 0.6 is 0 Å². The number of carboxylic acids is 1. The second-order valence-corrected chi connectivity index (χ2v) is 3.91. The van der Waals surface area contributed by atoms with Crippen LogP contribution in [0.5, 0.6) is 5.75 Å². The number of carboxylic acid groups (broad SMARTS) is 1. The normalized spacial score (nSPS) is 10.4. The van der Waals surface area contributed by atoms with Gasteiger partial charge in [-0.15, -0.1) is 0 Å². The Labute approximate surface area is 99.6 Å². The Morgan fingerprint density at radius 1 is 1.35 bits per heavy atom. The number of ketones is 1. The molecule has 0 bridgehead atoms. The van der Waals surface area contributed by atoms with Gasteiger partial charge in [0.1, 0.15) is 5.75 Å². The summed E-state index contributed by atoms with van der Waals surface area (Å²) >= 11 is 0. The predicted molar refractivity (Wildman–Crippen MR) is 62.4 cm³/mol. The lowest BCUT2D eigenvalue weighted by molar-refractivity contribution is -0.131. The first-order valence-electron chi connectivity index (χ1n) is 5.05. The molecule has 1 rings (SSSR count). The van der Waals surface area contributed by atoms with E-state index in [9.17, 15) is 9.59 Å². The summed E-state index contributed by atoms with van der Waals surface area (Å²) in [7, 11) is 5.19. The zero-order valence-corrected chi connectivity index (χ0v) is 10.1. The molecule has 0 aliphatic rings. The zero-order chi connectivity index (χ0) is 13.0. The number of rotatable bonds is 5. The van der Waals surface area contributed by atoms with Crippen LogP contribution in [0.3, 0.4) is 0 Å². The maximum absolute atomic E-state index is 11.5. The second-order valence-electron chi connectivity index (χ2n) is 3.91. The average molecular weight is 237 g/mol. The molecule has 0 heterocycles. The minimum absolute atomic E-state index is 0.0827. The third-order valence-corrected chi connectivity index (χ3v) is 2.20. The molecule has 0 amide bonds. The van der Waals surface area contributed by atoms with E-state index in [-0.39, 0.29) is 11.3 Å². The lowest BCUT2D eigenvalue weighted by Gasteiger charge is -2.12. The molecule has 0 radical (unpaired) electrons. The van der Waals surface area contributed by atoms with Crippen LogP contribution in [0.15, 0.2) is 18.2 Å². The first-order valence-corrected chi connectivity index (χ1v) is 5.05. The smallest absolute Gasteiger partial charge is 0.377 e. The van der Waals surface area contributed by atoms with Crippen LogP contribution in [-0.2, 0) is 11.3 Å². The Bertz CT molecular complexity index is 440. The molecule has 0 saturated carbocycles. The molecule has 0 atom stereocenters. The van der Waals surface area contributed by atoms with Crippen LogP contribution in [0.4, 0.5) is 0 Å². The van der Waals surface area contributed by atoms with E-state index in [1.165, 1.54) is 7.11 Å². The summed E-state index contributed by atoms with van der Waals surface area (Å²) < 4.78 is 4.98. The second kappa shape index (κ2) is 5.45. The molecule has 1 aromatic rings. The van der Waals surface area contributed by atoms with Crippen molar-refractivity contribution in [2.24, 2.45) is 0 Å². The van der Waals surface area contributed by atoms with Gasteiger partial charge >= 0.3 is 5.97 Å². The standard InChI is InChI=1S/C12H15NO4/c1-13(2)7-8-4-5-10(17-3)9(6-8)11(14)12(15)16/h4-6H,7H2,1-3H3,(H,15,16). The molecular weight excluding hydrogens is 222 g/mol. The number of methoxy groups -OCH3 is 1. The summed E-state index contributed by atoms with van der Waals surface area (Å²) in [6.07, 6.45) is 0. The third-order valence-electron chi connectivity index (χ3n) is 2.20. The number of aliphatic carboxylic acids is 1. The summed E-state index contributed by atoms with van der Waals surface area (Å²) in [5, 5.41) is 8.71. The summed E-state index contributed by atoms with van der Waals surface area (Å²) in [5.41, 5.74) is 0.944. The fourth-order valence-electron chi connectivity index (χ4n) is 1.51. The molecule has 0 aliphatic carbocycles. The fourth-order valence-corrected chi connectivity index (χ4v) is 1.51. The topological polar surface area (TPSA) is 66.8 Å². The monoisotopic (exact) mass is 237 g/mol. The molecule has 0 unspecified atom stereocenters. The molecule has 0 aliphatic heterocycles. The van der Waals surface area contributed by atoms with Gasteiger partial charge in [0.25, 0.3) is 5.78 Å². The van der Waals surface area contributed by atoms with Gasteiger partial charge in [-0.1, -0.05) is 6.07 Å². The Kier molecular flexibility index (Phi) is 4.23. The van der Waals surface area contributed by atoms with E-state index in [1.807, 2.05) is 19.0 Å². The average Bonchev–Trinajstić information content (AvgIpc) is 2.27. The van der Waals surface area contributed by atoms with Crippen molar-refractivity contribution in [3.63, 3.8) is 0 Å². The summed E-state index contributed by atoms with van der Waals surface area (Å²) in [6.45, 7) is 0.629. The molecule has 5 nitrogen and oxygen atoms in total. The largest absolute Gasteiger partial charge is 0.496 e. The lowest BCUT2D eigenvalue weighted by Crippen LogP contribution is -2.16. The van der Waals surface area contributed by atoms with Gasteiger partial charge in [-0.3, -0.25) is 4.79 Å². The number of ether oxygens (including phenoxy) is 1. The number of carbonyl (C=O) groups excluding carboxylic acids is 1. The highest BCUT2D eigenvalue weighted by Crippen LogP contribution is 2.21. The highest BCUT2D eigenvalue weighted by molar-refractivity contribution is 6.40. The maximum Gasteiger partial charge on any atom is 0.377 e. The van der Waals surface area contributed by atoms with E-state index in [0.717, 1.165) is 5.56 Å². The van der Waals surface area contributed by atoms with E-state index in [2.05, 4.69) is 0 Å². The van der Waals surface area contributed by atoms with Gasteiger partial charge in [-0.2, -0.15) is 0 Å². The molecule has 0 fully saturated rings. The number of hydrogen-bond acceptors (Lipinski definition) is 4. The van der Waals surface area contributed by atoms with Gasteiger partial charge in [0.15, 0.2) is 0 Å². The molecule has 0 aromatic heterocycles. The molecule has 1 N–H and O–H groups in total. The van der Waals surface area contributed by atoms with Crippen molar-refractivity contribution in [3.8, 4) is 5.75 Å². The minimum Gasteiger partial charge on any atom is -0.496 e. The van der Waals surface area contributed by atoms with E-state index in [4.69, 9.17) is 9.84 Å². The van der Waals surface area contributed by atoms with E-state index in [0.29, 0.717) is 6.54 Å². The SMILES string of the molecule is COc1ccc(CN(C)C)cc1C(=O)C(=O)O. The van der Waals surface area contributed by atoms with E-state index in [1.54, 1.807) is 18.2 Å². The van der Waals surface area contributed by atoms with Crippen molar-refractivity contribution in [1.29, 1.82) is 0 Å². The fraction of sp³-hybridized carbons (Fsp3) is 0.333. The maximum atomic E-state index is 11.5. The first-order chi connectivity index (χ1) is 7.95. The van der Waals surface area contributed by atoms with Crippen molar-refractivity contribution >= 4 is 11.8 Å². The van der Waals surface area contributed by atoms with Crippen molar-refractivity contribution in [1.82, 2.24) is 4.90 Å². The molecule has 17 heavy (non-hydrogen) atoms. The quantitative estimate of drug-likeness (QED) is 0.612. The van der Waals surface area contributed by atoms with Crippen LogP contribution < -0.4 is 4.74 Å². The number of benzene rings is 1. The Morgan fingerprint density at radius 3 is 2.47 bits per heavy atom. The van der Waals surface area contributed by atoms with Gasteiger partial charge in [-0.05, 0) is 31.8 Å². The molecule has 92 valence electrons. The highest BCUT2D eigenvalue weighted by Gasteiger charge is 2.19. The van der Waals surface area contributed by atoms with E-state index >= 15 is 0 Å². The minimum atomic E-state index is -1.48. The van der Waals surface area contributed by atoms with Crippen LogP contribution in [0.25, 0.3) is 0 Å². The van der Waals surface area contributed by atoms with Crippen molar-refractivity contribution in [3.05, 3.63) is 29.3 Å². The molecule has 5 heteroatoms. The van der Waals surface area contributed by atoms with Gasteiger partial charge in [0, 0.05) is 6.54 Å². The van der Waals surface area contributed by atoms with Crippen LogP contribution in [0.1, 0.15) is 15.9 Å². The van der Waals surface area contributed by atoms with Crippen LogP contribution in [0.2, 0.25) is 0 Å². The number of Topliss-reactive ketones (excluding diaryl/α,β-unsaturated/α-hetero) is 1. The molecule has 0 spiro atoms. The first kappa shape index (κ1) is 13.2.